The van der Waals surface area contributed by atoms with Gasteiger partial charge >= 0.3 is 5.97 Å². The minimum absolute atomic E-state index is 0.204. The van der Waals surface area contributed by atoms with E-state index in [1.54, 1.807) is 25.1 Å². The van der Waals surface area contributed by atoms with Crippen molar-refractivity contribution in [3.63, 3.8) is 0 Å². The van der Waals surface area contributed by atoms with E-state index in [-0.39, 0.29) is 5.88 Å². The molecule has 0 aliphatic heterocycles. The lowest BCUT2D eigenvalue weighted by atomic mass is 10.5. The molecule has 1 heterocycles. The minimum atomic E-state index is -0.449. The fraction of sp³-hybridized carbons (Fsp3) is 0.333. The molecular formula is C9H12N2O3. The van der Waals surface area contributed by atoms with Crippen LogP contribution in [0.15, 0.2) is 18.2 Å². The SMILES string of the molecule is CC(=O)Oc1cccc(OC(C)N)n1. The van der Waals surface area contributed by atoms with Crippen LogP contribution < -0.4 is 15.2 Å². The second kappa shape index (κ2) is 4.57. The molecule has 0 amide bonds. The van der Waals surface area contributed by atoms with Crippen LogP contribution in [0.25, 0.3) is 0 Å². The number of carbonyl (C=O) groups is 1. The van der Waals surface area contributed by atoms with E-state index in [9.17, 15) is 4.79 Å². The van der Waals surface area contributed by atoms with Crippen molar-refractivity contribution in [1.82, 2.24) is 4.98 Å². The van der Waals surface area contributed by atoms with E-state index in [1.807, 2.05) is 0 Å². The van der Waals surface area contributed by atoms with Gasteiger partial charge in [0.2, 0.25) is 11.8 Å². The van der Waals surface area contributed by atoms with E-state index in [0.29, 0.717) is 5.88 Å². The van der Waals surface area contributed by atoms with Crippen LogP contribution in [0.1, 0.15) is 13.8 Å². The van der Waals surface area contributed by atoms with Gasteiger partial charge in [-0.15, -0.1) is 0 Å². The largest absolute Gasteiger partial charge is 0.459 e. The standard InChI is InChI=1S/C9H12N2O3/c1-6(10)13-8-4-3-5-9(11-8)14-7(2)12/h3-6H,10H2,1-2H3. The highest BCUT2D eigenvalue weighted by Gasteiger charge is 2.03. The molecule has 0 saturated heterocycles. The minimum Gasteiger partial charge on any atom is -0.459 e. The molecular weight excluding hydrogens is 184 g/mol. The van der Waals surface area contributed by atoms with Crippen molar-refractivity contribution < 1.29 is 14.3 Å². The molecule has 0 bridgehead atoms. The van der Waals surface area contributed by atoms with Crippen LogP contribution in [0.4, 0.5) is 0 Å². The average Bonchev–Trinajstić information content (AvgIpc) is 2.01. The van der Waals surface area contributed by atoms with Crippen LogP contribution in [0.2, 0.25) is 0 Å². The third-order valence-corrected chi connectivity index (χ3v) is 1.25. The van der Waals surface area contributed by atoms with Gasteiger partial charge in [-0.25, -0.2) is 0 Å². The summed E-state index contributed by atoms with van der Waals surface area (Å²) >= 11 is 0. The molecule has 0 aromatic carbocycles. The van der Waals surface area contributed by atoms with Crippen molar-refractivity contribution in [3.05, 3.63) is 18.2 Å². The quantitative estimate of drug-likeness (QED) is 0.568. The Morgan fingerprint density at radius 2 is 2.14 bits per heavy atom. The first-order chi connectivity index (χ1) is 6.58. The first kappa shape index (κ1) is 10.5. The first-order valence-corrected chi connectivity index (χ1v) is 4.15. The Kier molecular flexibility index (Phi) is 3.41. The number of pyridine rings is 1. The lowest BCUT2D eigenvalue weighted by Gasteiger charge is -2.08. The number of nitrogens with zero attached hydrogens (tertiary/aromatic N) is 1. The summed E-state index contributed by atoms with van der Waals surface area (Å²) in [7, 11) is 0. The molecule has 1 atom stereocenters. The molecule has 0 fully saturated rings. The topological polar surface area (TPSA) is 74.4 Å². The van der Waals surface area contributed by atoms with E-state index >= 15 is 0 Å². The first-order valence-electron chi connectivity index (χ1n) is 4.15. The van der Waals surface area contributed by atoms with Gasteiger partial charge in [-0.05, 0) is 6.92 Å². The van der Waals surface area contributed by atoms with Crippen molar-refractivity contribution in [2.75, 3.05) is 0 Å². The van der Waals surface area contributed by atoms with Crippen LogP contribution in [0.5, 0.6) is 11.8 Å². The predicted molar refractivity (Wildman–Crippen MR) is 49.8 cm³/mol. The Hall–Kier alpha value is -1.62. The van der Waals surface area contributed by atoms with Gasteiger partial charge in [0.05, 0.1) is 0 Å². The highest BCUT2D eigenvalue weighted by atomic mass is 16.5. The van der Waals surface area contributed by atoms with E-state index in [1.165, 1.54) is 6.92 Å². The van der Waals surface area contributed by atoms with Gasteiger partial charge in [0, 0.05) is 19.1 Å². The summed E-state index contributed by atoms with van der Waals surface area (Å²) < 4.78 is 9.88. The molecule has 14 heavy (non-hydrogen) atoms. The number of nitrogens with two attached hydrogens (primary N) is 1. The van der Waals surface area contributed by atoms with Gasteiger partial charge in [0.1, 0.15) is 6.23 Å². The average molecular weight is 196 g/mol. The molecule has 0 aliphatic rings. The molecule has 5 nitrogen and oxygen atoms in total. The van der Waals surface area contributed by atoms with Gasteiger partial charge < -0.3 is 9.47 Å². The van der Waals surface area contributed by atoms with Crippen LogP contribution >= 0.6 is 0 Å². The maximum Gasteiger partial charge on any atom is 0.309 e. The van der Waals surface area contributed by atoms with Crippen molar-refractivity contribution in [2.24, 2.45) is 5.73 Å². The summed E-state index contributed by atoms with van der Waals surface area (Å²) in [5.74, 6) is 0.116. The number of hydrogen-bond donors (Lipinski definition) is 1. The summed E-state index contributed by atoms with van der Waals surface area (Å²) in [6.45, 7) is 2.99. The summed E-state index contributed by atoms with van der Waals surface area (Å²) in [6.07, 6.45) is -0.449. The number of aromatic nitrogens is 1. The molecule has 0 aliphatic carbocycles. The highest BCUT2D eigenvalue weighted by molar-refractivity contribution is 5.68. The third kappa shape index (κ3) is 3.40. The summed E-state index contributed by atoms with van der Waals surface area (Å²) in [4.78, 5) is 14.5. The zero-order chi connectivity index (χ0) is 10.6. The van der Waals surface area contributed by atoms with Crippen molar-refractivity contribution >= 4 is 5.97 Å². The molecule has 2 N–H and O–H groups in total. The Balaban J connectivity index is 2.73. The zero-order valence-corrected chi connectivity index (χ0v) is 8.06. The fourth-order valence-corrected chi connectivity index (χ4v) is 0.856. The van der Waals surface area contributed by atoms with Crippen LogP contribution in [0.3, 0.4) is 0 Å². The highest BCUT2D eigenvalue weighted by Crippen LogP contribution is 2.13. The van der Waals surface area contributed by atoms with Crippen LogP contribution in [-0.4, -0.2) is 17.2 Å². The molecule has 1 rings (SSSR count). The van der Waals surface area contributed by atoms with Crippen LogP contribution in [0, 0.1) is 0 Å². The van der Waals surface area contributed by atoms with Crippen molar-refractivity contribution in [1.29, 1.82) is 0 Å². The van der Waals surface area contributed by atoms with Crippen LogP contribution in [-0.2, 0) is 4.79 Å². The monoisotopic (exact) mass is 196 g/mol. The predicted octanol–water partition coefficient (Wildman–Crippen LogP) is 0.690. The van der Waals surface area contributed by atoms with E-state index in [4.69, 9.17) is 15.2 Å². The molecule has 1 aromatic rings. The molecule has 1 aromatic heterocycles. The summed E-state index contributed by atoms with van der Waals surface area (Å²) in [5.41, 5.74) is 5.41. The second-order valence-electron chi connectivity index (χ2n) is 2.73. The molecule has 0 spiro atoms. The Bertz CT molecular complexity index is 326. The second-order valence-corrected chi connectivity index (χ2v) is 2.73. The zero-order valence-electron chi connectivity index (χ0n) is 8.06. The molecule has 1 unspecified atom stereocenters. The maximum atomic E-state index is 10.6. The number of ether oxygens (including phenoxy) is 2. The summed E-state index contributed by atoms with van der Waals surface area (Å²) in [5, 5.41) is 0. The Morgan fingerprint density at radius 1 is 1.50 bits per heavy atom. The molecule has 5 heteroatoms. The van der Waals surface area contributed by atoms with E-state index in [0.717, 1.165) is 0 Å². The van der Waals surface area contributed by atoms with Gasteiger partial charge in [0.25, 0.3) is 0 Å². The van der Waals surface area contributed by atoms with Gasteiger partial charge in [0.15, 0.2) is 0 Å². The fourth-order valence-electron chi connectivity index (χ4n) is 0.856. The van der Waals surface area contributed by atoms with Gasteiger partial charge in [-0.2, -0.15) is 4.98 Å². The lowest BCUT2D eigenvalue weighted by Crippen LogP contribution is -2.23. The maximum absolute atomic E-state index is 10.6. The van der Waals surface area contributed by atoms with Gasteiger partial charge in [-0.3, -0.25) is 10.5 Å². The van der Waals surface area contributed by atoms with Crippen molar-refractivity contribution in [2.45, 2.75) is 20.1 Å². The number of esters is 1. The number of carbonyl (C=O) groups excluding carboxylic acids is 1. The molecule has 0 radical (unpaired) electrons. The summed E-state index contributed by atoms with van der Waals surface area (Å²) in [6, 6.07) is 4.87. The van der Waals surface area contributed by atoms with E-state index in [2.05, 4.69) is 4.98 Å². The molecule has 0 saturated carbocycles. The Labute approximate surface area is 81.8 Å². The van der Waals surface area contributed by atoms with E-state index < -0.39 is 12.2 Å². The van der Waals surface area contributed by atoms with Crippen molar-refractivity contribution in [3.8, 4) is 11.8 Å². The lowest BCUT2D eigenvalue weighted by molar-refractivity contribution is -0.132. The number of rotatable bonds is 3. The Morgan fingerprint density at radius 3 is 2.71 bits per heavy atom. The smallest absolute Gasteiger partial charge is 0.309 e. The normalized spacial score (nSPS) is 11.9. The third-order valence-electron chi connectivity index (χ3n) is 1.25. The number of hydrogen-bond acceptors (Lipinski definition) is 5. The molecule has 76 valence electrons. The van der Waals surface area contributed by atoms with Gasteiger partial charge in [-0.1, -0.05) is 6.07 Å².